The molecule has 174 valence electrons. The highest BCUT2D eigenvalue weighted by molar-refractivity contribution is 5.80. The van der Waals surface area contributed by atoms with Gasteiger partial charge in [-0.15, -0.1) is 0 Å². The monoisotopic (exact) mass is 430 g/mol. The van der Waals surface area contributed by atoms with Crippen LogP contribution in [0.4, 0.5) is 0 Å². The standard InChI is InChI=1S/C25H42N4O2/c1-7-19(8-2)23(30)29-15-13-21(14-16-29)28-24(26-9-3)27-18-25(4,5)20-11-10-12-22(17-20)31-6/h10-12,17,19,21H,7-9,13-16,18H2,1-6H3,(H2,26,27,28). The molecule has 0 aliphatic carbocycles. The first-order chi connectivity index (χ1) is 14.8. The van der Waals surface area contributed by atoms with E-state index in [9.17, 15) is 4.79 Å². The lowest BCUT2D eigenvalue weighted by Gasteiger charge is -2.35. The maximum atomic E-state index is 12.6. The van der Waals surface area contributed by atoms with Gasteiger partial charge in [0.2, 0.25) is 5.91 Å². The number of ether oxygens (including phenoxy) is 1. The van der Waals surface area contributed by atoms with E-state index in [0.29, 0.717) is 18.5 Å². The summed E-state index contributed by atoms with van der Waals surface area (Å²) in [5.41, 5.74) is 1.10. The number of guanidine groups is 1. The number of nitrogens with one attached hydrogen (secondary N) is 2. The summed E-state index contributed by atoms with van der Waals surface area (Å²) in [5, 5.41) is 6.98. The number of hydrogen-bond donors (Lipinski definition) is 2. The molecule has 6 heteroatoms. The lowest BCUT2D eigenvalue weighted by Crippen LogP contribution is -2.50. The number of likely N-dealkylation sites (tertiary alicyclic amines) is 1. The molecule has 1 aliphatic rings. The van der Waals surface area contributed by atoms with Crippen molar-refractivity contribution in [2.75, 3.05) is 33.3 Å². The molecule has 2 N–H and O–H groups in total. The molecule has 6 nitrogen and oxygen atoms in total. The molecule has 0 bridgehead atoms. The molecule has 1 aromatic carbocycles. The first kappa shape index (κ1) is 25.0. The third-order valence-electron chi connectivity index (χ3n) is 6.31. The summed E-state index contributed by atoms with van der Waals surface area (Å²) in [6.07, 6.45) is 3.76. The van der Waals surface area contributed by atoms with E-state index in [4.69, 9.17) is 9.73 Å². The Labute approximate surface area is 188 Å². The molecule has 0 spiro atoms. The van der Waals surface area contributed by atoms with Gasteiger partial charge < -0.3 is 20.3 Å². The number of nitrogens with zero attached hydrogens (tertiary/aromatic N) is 2. The Hall–Kier alpha value is -2.24. The van der Waals surface area contributed by atoms with Crippen molar-refractivity contribution < 1.29 is 9.53 Å². The van der Waals surface area contributed by atoms with Gasteiger partial charge in [-0.1, -0.05) is 39.8 Å². The number of amides is 1. The largest absolute Gasteiger partial charge is 0.497 e. The van der Waals surface area contributed by atoms with Gasteiger partial charge in [-0.3, -0.25) is 9.79 Å². The molecule has 31 heavy (non-hydrogen) atoms. The van der Waals surface area contributed by atoms with Crippen molar-refractivity contribution in [3.05, 3.63) is 29.8 Å². The Bertz CT molecular complexity index is 720. The molecular formula is C25H42N4O2. The second-order valence-corrected chi connectivity index (χ2v) is 9.07. The third kappa shape index (κ3) is 7.15. The number of carbonyl (C=O) groups is 1. The van der Waals surface area contributed by atoms with Gasteiger partial charge in [0.05, 0.1) is 13.7 Å². The van der Waals surface area contributed by atoms with Gasteiger partial charge >= 0.3 is 0 Å². The van der Waals surface area contributed by atoms with Crippen LogP contribution in [0.5, 0.6) is 5.75 Å². The summed E-state index contributed by atoms with van der Waals surface area (Å²) in [7, 11) is 1.70. The first-order valence-corrected chi connectivity index (χ1v) is 11.8. The summed E-state index contributed by atoms with van der Waals surface area (Å²) in [5.74, 6) is 2.21. The number of aliphatic imine (C=N–C) groups is 1. The van der Waals surface area contributed by atoms with Gasteiger partial charge in [-0.05, 0) is 50.3 Å². The lowest BCUT2D eigenvalue weighted by atomic mass is 9.84. The lowest BCUT2D eigenvalue weighted by molar-refractivity contribution is -0.136. The Morgan fingerprint density at radius 1 is 1.23 bits per heavy atom. The predicted octanol–water partition coefficient (Wildman–Crippen LogP) is 3.96. The van der Waals surface area contributed by atoms with Crippen LogP contribution in [0, 0.1) is 5.92 Å². The van der Waals surface area contributed by atoms with E-state index in [1.165, 1.54) is 5.56 Å². The predicted molar refractivity (Wildman–Crippen MR) is 129 cm³/mol. The molecule has 0 atom stereocenters. The second-order valence-electron chi connectivity index (χ2n) is 9.07. The highest BCUT2D eigenvalue weighted by Gasteiger charge is 2.27. The molecule has 1 aromatic rings. The van der Waals surface area contributed by atoms with Gasteiger partial charge in [0.15, 0.2) is 5.96 Å². The van der Waals surface area contributed by atoms with Crippen LogP contribution in [-0.4, -0.2) is 56.1 Å². The summed E-state index contributed by atoms with van der Waals surface area (Å²) in [6.45, 7) is 13.8. The Morgan fingerprint density at radius 3 is 2.48 bits per heavy atom. The van der Waals surface area contributed by atoms with Gasteiger partial charge in [0.25, 0.3) is 0 Å². The number of carbonyl (C=O) groups excluding carboxylic acids is 1. The second kappa shape index (κ2) is 12.0. The molecular weight excluding hydrogens is 388 g/mol. The average molecular weight is 431 g/mol. The topological polar surface area (TPSA) is 66.0 Å². The summed E-state index contributed by atoms with van der Waals surface area (Å²) < 4.78 is 5.38. The van der Waals surface area contributed by atoms with E-state index in [-0.39, 0.29) is 11.3 Å². The first-order valence-electron chi connectivity index (χ1n) is 11.8. The quantitative estimate of drug-likeness (QED) is 0.460. The van der Waals surface area contributed by atoms with E-state index >= 15 is 0 Å². The van der Waals surface area contributed by atoms with Crippen molar-refractivity contribution in [3.8, 4) is 5.75 Å². The zero-order chi connectivity index (χ0) is 22.9. The van der Waals surface area contributed by atoms with Crippen LogP contribution in [0.2, 0.25) is 0 Å². The zero-order valence-corrected chi connectivity index (χ0v) is 20.3. The molecule has 0 saturated carbocycles. The molecule has 1 aliphatic heterocycles. The number of methoxy groups -OCH3 is 1. The summed E-state index contributed by atoms with van der Waals surface area (Å²) >= 11 is 0. The van der Waals surface area contributed by atoms with E-state index in [0.717, 1.165) is 57.0 Å². The minimum atomic E-state index is -0.109. The van der Waals surface area contributed by atoms with Gasteiger partial charge in [-0.25, -0.2) is 0 Å². The van der Waals surface area contributed by atoms with Crippen LogP contribution in [0.15, 0.2) is 29.3 Å². The van der Waals surface area contributed by atoms with E-state index in [2.05, 4.69) is 57.4 Å². The molecule has 1 saturated heterocycles. The molecule has 1 fully saturated rings. The van der Waals surface area contributed by atoms with Crippen molar-refractivity contribution in [1.82, 2.24) is 15.5 Å². The fraction of sp³-hybridized carbons (Fsp3) is 0.680. The molecule has 1 amide bonds. The third-order valence-corrected chi connectivity index (χ3v) is 6.31. The average Bonchev–Trinajstić information content (AvgIpc) is 2.79. The minimum absolute atomic E-state index is 0.109. The summed E-state index contributed by atoms with van der Waals surface area (Å²) in [6, 6.07) is 8.55. The summed E-state index contributed by atoms with van der Waals surface area (Å²) in [4.78, 5) is 19.6. The van der Waals surface area contributed by atoms with Crippen LogP contribution >= 0.6 is 0 Å². The Kier molecular flexibility index (Phi) is 9.66. The van der Waals surface area contributed by atoms with Gasteiger partial charge in [0.1, 0.15) is 5.75 Å². The van der Waals surface area contributed by atoms with Crippen LogP contribution < -0.4 is 15.4 Å². The number of benzene rings is 1. The van der Waals surface area contributed by atoms with Crippen molar-refractivity contribution in [3.63, 3.8) is 0 Å². The molecule has 0 radical (unpaired) electrons. The Balaban J connectivity index is 1.96. The van der Waals surface area contributed by atoms with Crippen molar-refractivity contribution >= 4 is 11.9 Å². The van der Waals surface area contributed by atoms with Gasteiger partial charge in [-0.2, -0.15) is 0 Å². The van der Waals surface area contributed by atoms with Crippen LogP contribution in [0.3, 0.4) is 0 Å². The SMILES string of the molecule is CCNC(=NCC(C)(C)c1cccc(OC)c1)NC1CCN(C(=O)C(CC)CC)CC1. The number of piperidine rings is 1. The van der Waals surface area contributed by atoms with Crippen LogP contribution in [0.1, 0.15) is 65.9 Å². The van der Waals surface area contributed by atoms with Crippen molar-refractivity contribution in [1.29, 1.82) is 0 Å². The van der Waals surface area contributed by atoms with Crippen LogP contribution in [0.25, 0.3) is 0 Å². The van der Waals surface area contributed by atoms with Crippen molar-refractivity contribution in [2.45, 2.75) is 71.8 Å². The highest BCUT2D eigenvalue weighted by atomic mass is 16.5. The maximum absolute atomic E-state index is 12.6. The van der Waals surface area contributed by atoms with Crippen molar-refractivity contribution in [2.24, 2.45) is 10.9 Å². The molecule has 0 unspecified atom stereocenters. The fourth-order valence-electron chi connectivity index (χ4n) is 4.07. The van der Waals surface area contributed by atoms with E-state index in [1.54, 1.807) is 7.11 Å². The molecule has 1 heterocycles. The number of rotatable bonds is 9. The maximum Gasteiger partial charge on any atom is 0.225 e. The molecule has 0 aromatic heterocycles. The van der Waals surface area contributed by atoms with Crippen LogP contribution in [-0.2, 0) is 10.2 Å². The normalized spacial score (nSPS) is 15.8. The number of hydrogen-bond acceptors (Lipinski definition) is 3. The minimum Gasteiger partial charge on any atom is -0.497 e. The van der Waals surface area contributed by atoms with E-state index in [1.807, 2.05) is 17.0 Å². The smallest absolute Gasteiger partial charge is 0.225 e. The fourth-order valence-corrected chi connectivity index (χ4v) is 4.07. The van der Waals surface area contributed by atoms with Gasteiger partial charge in [0, 0.05) is 37.0 Å². The molecule has 2 rings (SSSR count). The Morgan fingerprint density at radius 2 is 1.90 bits per heavy atom. The zero-order valence-electron chi connectivity index (χ0n) is 20.3. The van der Waals surface area contributed by atoms with E-state index < -0.39 is 0 Å². The highest BCUT2D eigenvalue weighted by Crippen LogP contribution is 2.26.